The van der Waals surface area contributed by atoms with Gasteiger partial charge < -0.3 is 28.4 Å². The van der Waals surface area contributed by atoms with Gasteiger partial charge in [-0.1, -0.05) is 0 Å². The highest BCUT2D eigenvalue weighted by atomic mass is 16.9. The summed E-state index contributed by atoms with van der Waals surface area (Å²) in [7, 11) is 0. The first-order valence-corrected chi connectivity index (χ1v) is 9.24. The fraction of sp³-hybridized carbons (Fsp3) is 0.600. The molecule has 28 heavy (non-hydrogen) atoms. The Morgan fingerprint density at radius 1 is 0.857 bits per heavy atom. The molecule has 0 radical (unpaired) electrons. The molecular formula is C20H24O8. The highest BCUT2D eigenvalue weighted by Gasteiger charge is 2.62. The number of ether oxygens (including phenoxy) is 6. The number of benzene rings is 1. The molecule has 0 bridgehead atoms. The van der Waals surface area contributed by atoms with Crippen LogP contribution in [0.5, 0.6) is 5.75 Å². The van der Waals surface area contributed by atoms with Crippen LogP contribution in [0.2, 0.25) is 0 Å². The normalized spacial score (nSPS) is 35.1. The summed E-state index contributed by atoms with van der Waals surface area (Å²) in [5.41, 5.74) is 0.532. The van der Waals surface area contributed by atoms with Crippen molar-refractivity contribution < 1.29 is 38.0 Å². The smallest absolute Gasteiger partial charge is 0.343 e. The Bertz CT molecular complexity index is 784. The molecule has 8 nitrogen and oxygen atoms in total. The lowest BCUT2D eigenvalue weighted by atomic mass is 9.99. The van der Waals surface area contributed by atoms with Crippen LogP contribution < -0.4 is 4.74 Å². The van der Waals surface area contributed by atoms with Crippen LogP contribution >= 0.6 is 0 Å². The highest BCUT2D eigenvalue weighted by molar-refractivity contribution is 5.94. The number of carbonyl (C=O) groups excluding carboxylic acids is 2. The number of hydrogen-bond acceptors (Lipinski definition) is 8. The molecule has 3 fully saturated rings. The SMILES string of the molecule is CC(=O)c1ccc(OC(=O)[C@@H]2O[C@H]3OC(C)(C)O[C@@H]3[C@H]3OC(C)(C)O[C@@H]32)cc1. The predicted molar refractivity (Wildman–Crippen MR) is 94.6 cm³/mol. The quantitative estimate of drug-likeness (QED) is 0.439. The maximum Gasteiger partial charge on any atom is 0.343 e. The van der Waals surface area contributed by atoms with Gasteiger partial charge in [0.15, 0.2) is 29.8 Å². The summed E-state index contributed by atoms with van der Waals surface area (Å²) in [5, 5.41) is 0. The Hall–Kier alpha value is -1.84. The summed E-state index contributed by atoms with van der Waals surface area (Å²) in [5.74, 6) is -2.15. The van der Waals surface area contributed by atoms with Gasteiger partial charge in [-0.25, -0.2) is 4.79 Å². The molecule has 3 saturated heterocycles. The summed E-state index contributed by atoms with van der Waals surface area (Å²) >= 11 is 0. The molecule has 0 amide bonds. The van der Waals surface area contributed by atoms with Crippen LogP contribution in [0.15, 0.2) is 24.3 Å². The average Bonchev–Trinajstić information content (AvgIpc) is 3.08. The molecule has 0 saturated carbocycles. The molecule has 1 aromatic rings. The van der Waals surface area contributed by atoms with Crippen molar-refractivity contribution in [2.24, 2.45) is 0 Å². The van der Waals surface area contributed by atoms with Gasteiger partial charge in [-0.15, -0.1) is 0 Å². The Labute approximate surface area is 163 Å². The van der Waals surface area contributed by atoms with Gasteiger partial charge >= 0.3 is 5.97 Å². The third kappa shape index (κ3) is 3.58. The predicted octanol–water partition coefficient (Wildman–Crippen LogP) is 2.19. The molecular weight excluding hydrogens is 368 g/mol. The van der Waals surface area contributed by atoms with Gasteiger partial charge in [0.05, 0.1) is 0 Å². The van der Waals surface area contributed by atoms with E-state index < -0.39 is 48.2 Å². The highest BCUT2D eigenvalue weighted by Crippen LogP contribution is 2.44. The molecule has 0 spiro atoms. The van der Waals surface area contributed by atoms with Crippen molar-refractivity contribution in [3.63, 3.8) is 0 Å². The van der Waals surface area contributed by atoms with Gasteiger partial charge in [0.25, 0.3) is 0 Å². The Morgan fingerprint density at radius 2 is 1.43 bits per heavy atom. The van der Waals surface area contributed by atoms with Gasteiger partial charge in [0.2, 0.25) is 0 Å². The monoisotopic (exact) mass is 392 g/mol. The maximum absolute atomic E-state index is 12.8. The summed E-state index contributed by atoms with van der Waals surface area (Å²) in [4.78, 5) is 24.2. The van der Waals surface area contributed by atoms with E-state index in [0.29, 0.717) is 11.3 Å². The molecule has 0 aliphatic carbocycles. The topological polar surface area (TPSA) is 89.5 Å². The minimum absolute atomic E-state index is 0.0675. The number of fused-ring (bicyclic) bond motifs is 3. The molecule has 3 aliphatic rings. The lowest BCUT2D eigenvalue weighted by Crippen LogP contribution is -2.58. The Balaban J connectivity index is 1.54. The third-order valence-corrected chi connectivity index (χ3v) is 4.87. The molecule has 8 heteroatoms. The standard InChI is InChI=1S/C20H24O8/c1-10(21)11-6-8-12(9-7-11)23-17(22)15-13-14(26-19(2,3)25-13)16-18(24-15)28-20(4,5)27-16/h6-9,13-16,18H,1-5H3/t13-,14-,15+,16+,18-/m0/s1. The second-order valence-corrected chi connectivity index (χ2v) is 8.09. The zero-order valence-electron chi connectivity index (χ0n) is 16.5. The van der Waals surface area contributed by atoms with Crippen LogP contribution in [0, 0.1) is 0 Å². The van der Waals surface area contributed by atoms with Crippen LogP contribution in [0.1, 0.15) is 45.0 Å². The number of carbonyl (C=O) groups is 2. The summed E-state index contributed by atoms with van der Waals surface area (Å²) in [6.45, 7) is 8.55. The minimum Gasteiger partial charge on any atom is -0.425 e. The van der Waals surface area contributed by atoms with Crippen molar-refractivity contribution in [1.29, 1.82) is 0 Å². The van der Waals surface area contributed by atoms with E-state index >= 15 is 0 Å². The number of Topliss-reactive ketones (excluding diaryl/α,β-unsaturated/α-hetero) is 1. The van der Waals surface area contributed by atoms with E-state index in [2.05, 4.69) is 0 Å². The first kappa shape index (κ1) is 19.5. The minimum atomic E-state index is -1.04. The van der Waals surface area contributed by atoms with Crippen molar-refractivity contribution in [1.82, 2.24) is 0 Å². The molecule has 0 N–H and O–H groups in total. The molecule has 5 atom stereocenters. The van der Waals surface area contributed by atoms with E-state index in [0.717, 1.165) is 0 Å². The fourth-order valence-electron chi connectivity index (χ4n) is 3.73. The Morgan fingerprint density at radius 3 is 2.07 bits per heavy atom. The van der Waals surface area contributed by atoms with Crippen molar-refractivity contribution in [3.05, 3.63) is 29.8 Å². The number of hydrogen-bond donors (Lipinski definition) is 0. The van der Waals surface area contributed by atoms with Crippen LogP contribution in [0.25, 0.3) is 0 Å². The summed E-state index contributed by atoms with van der Waals surface area (Å²) in [6.07, 6.45) is -3.56. The third-order valence-electron chi connectivity index (χ3n) is 4.87. The van der Waals surface area contributed by atoms with Crippen LogP contribution in [0.4, 0.5) is 0 Å². The number of ketones is 1. The van der Waals surface area contributed by atoms with Gasteiger partial charge in [0.1, 0.15) is 24.1 Å². The molecule has 152 valence electrons. The lowest BCUT2D eigenvalue weighted by molar-refractivity contribution is -0.236. The Kier molecular flexibility index (Phi) is 4.59. The maximum atomic E-state index is 12.8. The lowest BCUT2D eigenvalue weighted by Gasteiger charge is -2.35. The van der Waals surface area contributed by atoms with E-state index in [1.807, 2.05) is 0 Å². The largest absolute Gasteiger partial charge is 0.425 e. The molecule has 0 aromatic heterocycles. The van der Waals surface area contributed by atoms with E-state index in [4.69, 9.17) is 28.4 Å². The second-order valence-electron chi connectivity index (χ2n) is 8.09. The van der Waals surface area contributed by atoms with E-state index in [-0.39, 0.29) is 5.78 Å². The summed E-state index contributed by atoms with van der Waals surface area (Å²) in [6, 6.07) is 6.32. The van der Waals surface area contributed by atoms with Crippen LogP contribution in [-0.4, -0.2) is 54.0 Å². The van der Waals surface area contributed by atoms with Crippen molar-refractivity contribution in [2.75, 3.05) is 0 Å². The first-order valence-electron chi connectivity index (χ1n) is 9.24. The van der Waals surface area contributed by atoms with Gasteiger partial charge in [-0.3, -0.25) is 4.79 Å². The number of rotatable bonds is 3. The summed E-state index contributed by atoms with van der Waals surface area (Å²) < 4.78 is 34.9. The molecule has 3 aliphatic heterocycles. The first-order chi connectivity index (χ1) is 13.0. The fourth-order valence-corrected chi connectivity index (χ4v) is 3.73. The molecule has 1 aromatic carbocycles. The second kappa shape index (κ2) is 6.60. The number of esters is 1. The van der Waals surface area contributed by atoms with Crippen molar-refractivity contribution in [2.45, 2.75) is 76.9 Å². The van der Waals surface area contributed by atoms with Crippen LogP contribution in [-0.2, 0) is 28.5 Å². The van der Waals surface area contributed by atoms with E-state index in [1.165, 1.54) is 6.92 Å². The molecule has 4 rings (SSSR count). The zero-order valence-corrected chi connectivity index (χ0v) is 16.5. The zero-order chi connectivity index (χ0) is 20.3. The van der Waals surface area contributed by atoms with Crippen molar-refractivity contribution in [3.8, 4) is 5.75 Å². The molecule has 0 unspecified atom stereocenters. The van der Waals surface area contributed by atoms with Gasteiger partial charge in [0, 0.05) is 5.56 Å². The molecule has 3 heterocycles. The van der Waals surface area contributed by atoms with Crippen molar-refractivity contribution >= 4 is 11.8 Å². The van der Waals surface area contributed by atoms with E-state index in [9.17, 15) is 9.59 Å². The van der Waals surface area contributed by atoms with Gasteiger partial charge in [-0.05, 0) is 58.9 Å². The van der Waals surface area contributed by atoms with Gasteiger partial charge in [-0.2, -0.15) is 0 Å². The van der Waals surface area contributed by atoms with E-state index in [1.54, 1.807) is 52.0 Å². The van der Waals surface area contributed by atoms with Crippen LogP contribution in [0.3, 0.4) is 0 Å². The average molecular weight is 392 g/mol.